The summed E-state index contributed by atoms with van der Waals surface area (Å²) in [5, 5.41) is 0.954. The number of hydrogen-bond donors (Lipinski definition) is 0. The Morgan fingerprint density at radius 2 is 1.65 bits per heavy atom. The van der Waals surface area contributed by atoms with Crippen molar-refractivity contribution < 1.29 is 14.0 Å². The van der Waals surface area contributed by atoms with Gasteiger partial charge in [-0.2, -0.15) is 0 Å². The van der Waals surface area contributed by atoms with Crippen molar-refractivity contribution in [3.8, 4) is 11.5 Å². The number of rotatable bonds is 3. The molecule has 3 nitrogen and oxygen atoms in total. The van der Waals surface area contributed by atoms with Gasteiger partial charge in [0, 0.05) is 17.4 Å². The quantitative estimate of drug-likeness (QED) is 0.795. The Morgan fingerprint density at radius 3 is 2.20 bits per heavy atom. The van der Waals surface area contributed by atoms with Gasteiger partial charge < -0.3 is 14.0 Å². The molecule has 3 rings (SSSR count). The Kier molecular flexibility index (Phi) is 3.81. The van der Waals surface area contributed by atoms with Crippen molar-refractivity contribution in [1.29, 1.82) is 0 Å². The number of benzene rings is 1. The molecule has 0 aromatic heterocycles. The van der Waals surface area contributed by atoms with Gasteiger partial charge in [-0.15, -0.1) is 0 Å². The van der Waals surface area contributed by atoms with E-state index >= 15 is 0 Å². The van der Waals surface area contributed by atoms with Crippen LogP contribution in [-0.2, 0) is 4.57 Å². The molecule has 2 aliphatic rings. The van der Waals surface area contributed by atoms with Crippen LogP contribution >= 0.6 is 7.14 Å². The van der Waals surface area contributed by atoms with Crippen LogP contribution in [0.5, 0.6) is 11.5 Å². The first-order valence-electron chi connectivity index (χ1n) is 7.52. The van der Waals surface area contributed by atoms with Gasteiger partial charge in [-0.3, -0.25) is 0 Å². The van der Waals surface area contributed by atoms with Gasteiger partial charge in [0.2, 0.25) is 0 Å². The van der Waals surface area contributed by atoms with Crippen LogP contribution in [0.1, 0.15) is 38.5 Å². The van der Waals surface area contributed by atoms with E-state index < -0.39 is 7.14 Å². The second-order valence-electron chi connectivity index (χ2n) is 5.92. The molecule has 1 aromatic carbocycles. The third-order valence-electron chi connectivity index (χ3n) is 5.01. The second kappa shape index (κ2) is 5.44. The standard InChI is InChI=1S/C16H23O3P/c1-18-12-7-10-16(15(11-12)19-2)20(17)13-5-3-4-6-14(20)9-8-13/h7,10-11,13-14H,3-6,8-9H2,1-2H3. The van der Waals surface area contributed by atoms with Gasteiger partial charge in [0.15, 0.2) is 0 Å². The molecule has 0 N–H and O–H groups in total. The Labute approximate surface area is 121 Å². The molecule has 1 aromatic rings. The van der Waals surface area contributed by atoms with Gasteiger partial charge in [-0.1, -0.05) is 12.8 Å². The van der Waals surface area contributed by atoms with E-state index in [-0.39, 0.29) is 0 Å². The highest BCUT2D eigenvalue weighted by atomic mass is 31.2. The molecule has 2 saturated heterocycles. The molecule has 2 atom stereocenters. The molecule has 4 heteroatoms. The number of hydrogen-bond acceptors (Lipinski definition) is 3. The summed E-state index contributed by atoms with van der Waals surface area (Å²) in [5.41, 5.74) is 0.745. The molecular formula is C16H23O3P. The molecule has 20 heavy (non-hydrogen) atoms. The number of fused-ring (bicyclic) bond motifs is 2. The lowest BCUT2D eigenvalue weighted by molar-refractivity contribution is 0.396. The first-order valence-corrected chi connectivity index (χ1v) is 9.36. The normalized spacial score (nSPS) is 32.7. The number of ether oxygens (including phenoxy) is 2. The minimum Gasteiger partial charge on any atom is -0.497 e. The summed E-state index contributed by atoms with van der Waals surface area (Å²) < 4.78 is 24.6. The molecule has 0 aliphatic carbocycles. The predicted molar refractivity (Wildman–Crippen MR) is 82.1 cm³/mol. The van der Waals surface area contributed by atoms with Gasteiger partial charge >= 0.3 is 0 Å². The molecule has 110 valence electrons. The lowest BCUT2D eigenvalue weighted by Gasteiger charge is -2.26. The van der Waals surface area contributed by atoms with E-state index in [1.165, 1.54) is 12.8 Å². The van der Waals surface area contributed by atoms with Crippen LogP contribution in [0, 0.1) is 0 Å². The lowest BCUT2D eigenvalue weighted by atomic mass is 10.0. The highest BCUT2D eigenvalue weighted by Crippen LogP contribution is 2.67. The summed E-state index contributed by atoms with van der Waals surface area (Å²) in [4.78, 5) is 0. The summed E-state index contributed by atoms with van der Waals surface area (Å²) in [6, 6.07) is 5.77. The van der Waals surface area contributed by atoms with Crippen molar-refractivity contribution >= 4 is 12.4 Å². The van der Waals surface area contributed by atoms with Crippen LogP contribution < -0.4 is 14.8 Å². The van der Waals surface area contributed by atoms with Gasteiger partial charge in [0.25, 0.3) is 0 Å². The summed E-state index contributed by atoms with van der Waals surface area (Å²) in [6.07, 6.45) is 6.92. The van der Waals surface area contributed by atoms with Crippen LogP contribution in [-0.4, -0.2) is 25.5 Å². The largest absolute Gasteiger partial charge is 0.497 e. The molecule has 0 spiro atoms. The molecule has 2 heterocycles. The third kappa shape index (κ3) is 2.07. The lowest BCUT2D eigenvalue weighted by Crippen LogP contribution is -2.19. The van der Waals surface area contributed by atoms with Crippen molar-refractivity contribution in [2.75, 3.05) is 14.2 Å². The SMILES string of the molecule is COc1ccc(P2(=O)C3CCCCC2CC3)c(OC)c1. The minimum absolute atomic E-state index is 0.372. The molecule has 0 radical (unpaired) electrons. The van der Waals surface area contributed by atoms with Gasteiger partial charge in [-0.05, 0) is 37.8 Å². The van der Waals surface area contributed by atoms with Crippen molar-refractivity contribution in [3.63, 3.8) is 0 Å². The monoisotopic (exact) mass is 294 g/mol. The van der Waals surface area contributed by atoms with Crippen molar-refractivity contribution in [2.45, 2.75) is 49.8 Å². The second-order valence-corrected chi connectivity index (χ2v) is 9.28. The van der Waals surface area contributed by atoms with E-state index in [9.17, 15) is 4.57 Å². The zero-order chi connectivity index (χ0) is 14.2. The molecule has 2 unspecified atom stereocenters. The van der Waals surface area contributed by atoms with Crippen LogP contribution in [0.25, 0.3) is 0 Å². The van der Waals surface area contributed by atoms with E-state index in [0.29, 0.717) is 11.3 Å². The van der Waals surface area contributed by atoms with E-state index in [2.05, 4.69) is 0 Å². The highest BCUT2D eigenvalue weighted by Gasteiger charge is 2.49. The molecule has 0 saturated carbocycles. The fourth-order valence-electron chi connectivity index (χ4n) is 3.97. The average molecular weight is 294 g/mol. The summed E-state index contributed by atoms with van der Waals surface area (Å²) in [7, 11) is 0.956. The minimum atomic E-state index is -2.35. The average Bonchev–Trinajstić information content (AvgIpc) is 2.67. The van der Waals surface area contributed by atoms with Crippen molar-refractivity contribution in [1.82, 2.24) is 0 Å². The zero-order valence-electron chi connectivity index (χ0n) is 12.3. The third-order valence-corrected chi connectivity index (χ3v) is 9.33. The summed E-state index contributed by atoms with van der Waals surface area (Å²) in [5.74, 6) is 1.51. The maximum Gasteiger partial charge on any atom is 0.133 e. The van der Waals surface area contributed by atoms with E-state index in [1.807, 2.05) is 18.2 Å². The molecule has 0 amide bonds. The maximum atomic E-state index is 13.8. The fraction of sp³-hybridized carbons (Fsp3) is 0.625. The smallest absolute Gasteiger partial charge is 0.133 e. The summed E-state index contributed by atoms with van der Waals surface area (Å²) in [6.45, 7) is 0. The van der Waals surface area contributed by atoms with E-state index in [1.54, 1.807) is 14.2 Å². The fourth-order valence-corrected chi connectivity index (χ4v) is 8.35. The highest BCUT2D eigenvalue weighted by molar-refractivity contribution is 7.73. The Hall–Kier alpha value is -0.950. The first-order chi connectivity index (χ1) is 9.70. The molecule has 2 bridgehead atoms. The van der Waals surface area contributed by atoms with Gasteiger partial charge in [0.05, 0.1) is 19.5 Å². The molecular weight excluding hydrogens is 271 g/mol. The molecule has 2 aliphatic heterocycles. The van der Waals surface area contributed by atoms with Gasteiger partial charge in [0.1, 0.15) is 18.6 Å². The van der Waals surface area contributed by atoms with Crippen molar-refractivity contribution in [3.05, 3.63) is 18.2 Å². The number of methoxy groups -OCH3 is 2. The van der Waals surface area contributed by atoms with Crippen LogP contribution in [0.2, 0.25) is 0 Å². The molecule has 2 fully saturated rings. The summed E-state index contributed by atoms with van der Waals surface area (Å²) >= 11 is 0. The Balaban J connectivity index is 2.09. The maximum absolute atomic E-state index is 13.8. The Morgan fingerprint density at radius 1 is 1.00 bits per heavy atom. The Bertz CT molecular complexity index is 523. The first kappa shape index (κ1) is 14.0. The topological polar surface area (TPSA) is 35.5 Å². The van der Waals surface area contributed by atoms with Crippen molar-refractivity contribution in [2.24, 2.45) is 0 Å². The van der Waals surface area contributed by atoms with Crippen LogP contribution in [0.4, 0.5) is 0 Å². The zero-order valence-corrected chi connectivity index (χ0v) is 13.2. The predicted octanol–water partition coefficient (Wildman–Crippen LogP) is 3.80. The van der Waals surface area contributed by atoms with Gasteiger partial charge in [-0.25, -0.2) is 0 Å². The van der Waals surface area contributed by atoms with Crippen LogP contribution in [0.3, 0.4) is 0 Å². The van der Waals surface area contributed by atoms with Crippen LogP contribution in [0.15, 0.2) is 18.2 Å². The van der Waals surface area contributed by atoms with E-state index in [4.69, 9.17) is 9.47 Å². The van der Waals surface area contributed by atoms with E-state index in [0.717, 1.165) is 42.5 Å².